The summed E-state index contributed by atoms with van der Waals surface area (Å²) in [6.45, 7) is 0.951. The highest BCUT2D eigenvalue weighted by atomic mass is 79.9. The summed E-state index contributed by atoms with van der Waals surface area (Å²) in [6.07, 6.45) is 4.64. The molecule has 0 bridgehead atoms. The van der Waals surface area contributed by atoms with Crippen LogP contribution in [0.25, 0.3) is 10.6 Å². The summed E-state index contributed by atoms with van der Waals surface area (Å²) in [5, 5.41) is 4.60. The Bertz CT molecular complexity index is 520. The lowest BCUT2D eigenvalue weighted by atomic mass is 10.2. The highest BCUT2D eigenvalue weighted by Crippen LogP contribution is 2.31. The zero-order valence-electron chi connectivity index (χ0n) is 9.32. The predicted octanol–water partition coefficient (Wildman–Crippen LogP) is 3.82. The molecule has 1 saturated carbocycles. The molecule has 1 N–H and O–H groups in total. The maximum Gasteiger partial charge on any atom is 0.124 e. The van der Waals surface area contributed by atoms with E-state index in [2.05, 4.69) is 38.4 Å². The van der Waals surface area contributed by atoms with Gasteiger partial charge in [-0.15, -0.1) is 11.3 Å². The lowest BCUT2D eigenvalue weighted by molar-refractivity contribution is 0.694. The van der Waals surface area contributed by atoms with Crippen molar-refractivity contribution in [2.45, 2.75) is 25.4 Å². The van der Waals surface area contributed by atoms with Crippen LogP contribution in [0.5, 0.6) is 0 Å². The average Bonchev–Trinajstić information content (AvgIpc) is 3.06. The van der Waals surface area contributed by atoms with Crippen molar-refractivity contribution in [1.29, 1.82) is 0 Å². The van der Waals surface area contributed by atoms with Crippen molar-refractivity contribution < 1.29 is 0 Å². The van der Waals surface area contributed by atoms with Gasteiger partial charge in [0.05, 0.1) is 0 Å². The highest BCUT2D eigenvalue weighted by Gasteiger charge is 2.20. The fourth-order valence-electron chi connectivity index (χ4n) is 1.68. The molecule has 3 rings (SSSR count). The fourth-order valence-corrected chi connectivity index (χ4v) is 3.19. The molecule has 0 atom stereocenters. The van der Waals surface area contributed by atoms with Crippen molar-refractivity contribution in [2.24, 2.45) is 0 Å². The molecule has 0 saturated heterocycles. The smallest absolute Gasteiger partial charge is 0.124 e. The molecule has 0 unspecified atom stereocenters. The van der Waals surface area contributed by atoms with E-state index in [9.17, 15) is 0 Å². The second-order valence-electron chi connectivity index (χ2n) is 4.27. The minimum atomic E-state index is 0.754. The Morgan fingerprint density at radius 2 is 2.18 bits per heavy atom. The molecule has 2 nitrogen and oxygen atoms in total. The number of hydrogen-bond acceptors (Lipinski definition) is 3. The van der Waals surface area contributed by atoms with Gasteiger partial charge in [0.15, 0.2) is 0 Å². The standard InChI is InChI=1S/C13H13BrN2S/c14-12-4-2-1-3-11(12)13-16-8-10(17-13)7-15-9-5-6-9/h1-4,8-9,15H,5-7H2. The van der Waals surface area contributed by atoms with Crippen LogP contribution in [-0.4, -0.2) is 11.0 Å². The highest BCUT2D eigenvalue weighted by molar-refractivity contribution is 9.10. The summed E-state index contributed by atoms with van der Waals surface area (Å²) in [7, 11) is 0. The third-order valence-electron chi connectivity index (χ3n) is 2.80. The van der Waals surface area contributed by atoms with E-state index in [1.165, 1.54) is 23.3 Å². The number of aromatic nitrogens is 1. The van der Waals surface area contributed by atoms with Gasteiger partial charge in [-0.2, -0.15) is 0 Å². The molecule has 88 valence electrons. The Labute approximate surface area is 113 Å². The average molecular weight is 309 g/mol. The molecule has 1 fully saturated rings. The zero-order valence-corrected chi connectivity index (χ0v) is 11.7. The predicted molar refractivity (Wildman–Crippen MR) is 75.1 cm³/mol. The third kappa shape index (κ3) is 2.76. The van der Waals surface area contributed by atoms with Gasteiger partial charge in [-0.25, -0.2) is 4.98 Å². The number of rotatable bonds is 4. The van der Waals surface area contributed by atoms with Gasteiger partial charge >= 0.3 is 0 Å². The van der Waals surface area contributed by atoms with E-state index in [-0.39, 0.29) is 0 Å². The molecule has 1 aromatic carbocycles. The van der Waals surface area contributed by atoms with Gasteiger partial charge in [0.25, 0.3) is 0 Å². The second-order valence-corrected chi connectivity index (χ2v) is 6.24. The molecular weight excluding hydrogens is 296 g/mol. The maximum absolute atomic E-state index is 4.49. The summed E-state index contributed by atoms with van der Waals surface area (Å²) in [5.74, 6) is 0. The zero-order chi connectivity index (χ0) is 11.7. The summed E-state index contributed by atoms with van der Waals surface area (Å²) < 4.78 is 1.11. The van der Waals surface area contributed by atoms with E-state index in [4.69, 9.17) is 0 Å². The molecule has 0 amide bonds. The van der Waals surface area contributed by atoms with Crippen LogP contribution >= 0.6 is 27.3 Å². The van der Waals surface area contributed by atoms with Gasteiger partial charge in [0.2, 0.25) is 0 Å². The van der Waals surface area contributed by atoms with Gasteiger partial charge in [0.1, 0.15) is 5.01 Å². The SMILES string of the molecule is Brc1ccccc1-c1ncc(CNC2CC2)s1. The quantitative estimate of drug-likeness (QED) is 0.928. The van der Waals surface area contributed by atoms with E-state index in [1.54, 1.807) is 11.3 Å². The number of thiazole rings is 1. The molecule has 0 radical (unpaired) electrons. The van der Waals surface area contributed by atoms with Gasteiger partial charge in [-0.3, -0.25) is 0 Å². The van der Waals surface area contributed by atoms with Crippen LogP contribution in [0.1, 0.15) is 17.7 Å². The summed E-state index contributed by atoms with van der Waals surface area (Å²) >= 11 is 5.33. The van der Waals surface area contributed by atoms with E-state index in [0.717, 1.165) is 22.1 Å². The van der Waals surface area contributed by atoms with Gasteiger partial charge < -0.3 is 5.32 Å². The van der Waals surface area contributed by atoms with Gasteiger partial charge in [-0.1, -0.05) is 34.1 Å². The first kappa shape index (κ1) is 11.4. The van der Waals surface area contributed by atoms with Crippen LogP contribution in [0.2, 0.25) is 0 Å². The summed E-state index contributed by atoms with van der Waals surface area (Å²) in [5.41, 5.74) is 1.18. The molecule has 0 aliphatic heterocycles. The third-order valence-corrected chi connectivity index (χ3v) is 4.52. The second kappa shape index (κ2) is 4.88. The van der Waals surface area contributed by atoms with Crippen molar-refractivity contribution >= 4 is 27.3 Å². The monoisotopic (exact) mass is 308 g/mol. The first-order valence-corrected chi connectivity index (χ1v) is 7.37. The Hall–Kier alpha value is -0.710. The van der Waals surface area contributed by atoms with Crippen LogP contribution in [0.15, 0.2) is 34.9 Å². The lowest BCUT2D eigenvalue weighted by Crippen LogP contribution is -2.14. The number of hydrogen-bond donors (Lipinski definition) is 1. The van der Waals surface area contributed by atoms with Crippen LogP contribution in [0, 0.1) is 0 Å². The molecule has 4 heteroatoms. The fraction of sp³-hybridized carbons (Fsp3) is 0.308. The van der Waals surface area contributed by atoms with Crippen molar-refractivity contribution in [2.75, 3.05) is 0 Å². The number of benzene rings is 1. The molecule has 1 aliphatic carbocycles. The molecule has 1 aromatic heterocycles. The van der Waals surface area contributed by atoms with E-state index < -0.39 is 0 Å². The van der Waals surface area contributed by atoms with Crippen molar-refractivity contribution in [3.8, 4) is 10.6 Å². The number of nitrogens with zero attached hydrogens (tertiary/aromatic N) is 1. The Morgan fingerprint density at radius 3 is 2.94 bits per heavy atom. The van der Waals surface area contributed by atoms with Crippen molar-refractivity contribution in [3.05, 3.63) is 39.8 Å². The van der Waals surface area contributed by atoms with Crippen LogP contribution in [0.4, 0.5) is 0 Å². The van der Waals surface area contributed by atoms with Gasteiger partial charge in [0, 0.05) is 33.7 Å². The minimum Gasteiger partial charge on any atom is -0.309 e. The molecule has 1 aliphatic rings. The Balaban J connectivity index is 1.77. The molecule has 1 heterocycles. The van der Waals surface area contributed by atoms with Gasteiger partial charge in [-0.05, 0) is 18.9 Å². The molecular formula is C13H13BrN2S. The Kier molecular flexibility index (Phi) is 3.27. The van der Waals surface area contributed by atoms with Crippen LogP contribution < -0.4 is 5.32 Å². The summed E-state index contributed by atoms with van der Waals surface area (Å²) in [4.78, 5) is 5.80. The summed E-state index contributed by atoms with van der Waals surface area (Å²) in [6, 6.07) is 8.98. The molecule has 17 heavy (non-hydrogen) atoms. The Morgan fingerprint density at radius 1 is 1.35 bits per heavy atom. The van der Waals surface area contributed by atoms with Crippen LogP contribution in [-0.2, 0) is 6.54 Å². The topological polar surface area (TPSA) is 24.9 Å². The first-order valence-electron chi connectivity index (χ1n) is 5.76. The van der Waals surface area contributed by atoms with Crippen molar-refractivity contribution in [3.63, 3.8) is 0 Å². The van der Waals surface area contributed by atoms with Crippen LogP contribution in [0.3, 0.4) is 0 Å². The van der Waals surface area contributed by atoms with E-state index >= 15 is 0 Å². The minimum absolute atomic E-state index is 0.754. The normalized spacial score (nSPS) is 15.1. The lowest BCUT2D eigenvalue weighted by Gasteiger charge is -1.99. The molecule has 0 spiro atoms. The number of nitrogens with one attached hydrogen (secondary N) is 1. The molecule has 2 aromatic rings. The van der Waals surface area contributed by atoms with E-state index in [0.29, 0.717) is 0 Å². The maximum atomic E-state index is 4.49. The van der Waals surface area contributed by atoms with Crippen molar-refractivity contribution in [1.82, 2.24) is 10.3 Å². The largest absolute Gasteiger partial charge is 0.309 e. The van der Waals surface area contributed by atoms with E-state index in [1.807, 2.05) is 18.3 Å². The number of halogens is 1. The first-order chi connectivity index (χ1) is 8.33.